The van der Waals surface area contributed by atoms with E-state index in [0.29, 0.717) is 0 Å². The van der Waals surface area contributed by atoms with Crippen molar-refractivity contribution in [1.82, 2.24) is 5.32 Å². The molecule has 0 aliphatic rings. The van der Waals surface area contributed by atoms with Gasteiger partial charge in [-0.1, -0.05) is 76.1 Å². The Morgan fingerprint density at radius 3 is 2.48 bits per heavy atom. The summed E-state index contributed by atoms with van der Waals surface area (Å²) in [6.45, 7) is 2.13. The Morgan fingerprint density at radius 1 is 0.905 bits per heavy atom. The average Bonchev–Trinajstić information content (AvgIpc) is 2.51. The van der Waals surface area contributed by atoms with Crippen molar-refractivity contribution in [3.63, 3.8) is 0 Å². The van der Waals surface area contributed by atoms with Crippen molar-refractivity contribution in [2.45, 2.75) is 13.0 Å². The minimum atomic E-state index is 0.172. The molecule has 0 aliphatic carbocycles. The molecular formula is C19H18BrN. The number of fused-ring (bicyclic) bond motifs is 1. The molecule has 0 fully saturated rings. The fourth-order valence-corrected chi connectivity index (χ4v) is 3.34. The van der Waals surface area contributed by atoms with Gasteiger partial charge in [-0.2, -0.15) is 0 Å². The van der Waals surface area contributed by atoms with Crippen LogP contribution >= 0.6 is 15.9 Å². The van der Waals surface area contributed by atoms with Crippen molar-refractivity contribution in [3.05, 3.63) is 81.8 Å². The highest BCUT2D eigenvalue weighted by Crippen LogP contribution is 2.33. The van der Waals surface area contributed by atoms with Gasteiger partial charge in [0.05, 0.1) is 6.04 Å². The van der Waals surface area contributed by atoms with Crippen LogP contribution in [-0.2, 0) is 0 Å². The molecule has 106 valence electrons. The van der Waals surface area contributed by atoms with Gasteiger partial charge >= 0.3 is 0 Å². The van der Waals surface area contributed by atoms with Crippen LogP contribution in [0.25, 0.3) is 10.8 Å². The number of benzene rings is 3. The zero-order valence-electron chi connectivity index (χ0n) is 12.2. The second-order valence-electron chi connectivity index (χ2n) is 5.32. The summed E-state index contributed by atoms with van der Waals surface area (Å²) in [5.41, 5.74) is 3.85. The van der Waals surface area contributed by atoms with E-state index in [1.165, 1.54) is 27.5 Å². The molecule has 21 heavy (non-hydrogen) atoms. The first kappa shape index (κ1) is 14.3. The molecule has 1 atom stereocenters. The van der Waals surface area contributed by atoms with E-state index in [-0.39, 0.29) is 6.04 Å². The van der Waals surface area contributed by atoms with E-state index in [1.54, 1.807) is 0 Å². The summed E-state index contributed by atoms with van der Waals surface area (Å²) in [4.78, 5) is 0. The zero-order valence-corrected chi connectivity index (χ0v) is 13.8. The second-order valence-corrected chi connectivity index (χ2v) is 6.17. The molecule has 0 heterocycles. The first-order valence-corrected chi connectivity index (χ1v) is 7.91. The Bertz CT molecular complexity index is 774. The molecule has 0 saturated heterocycles. The Morgan fingerprint density at radius 2 is 1.67 bits per heavy atom. The van der Waals surface area contributed by atoms with Crippen LogP contribution in [0.1, 0.15) is 22.7 Å². The summed E-state index contributed by atoms with van der Waals surface area (Å²) in [5.74, 6) is 0. The van der Waals surface area contributed by atoms with E-state index in [4.69, 9.17) is 0 Å². The van der Waals surface area contributed by atoms with Gasteiger partial charge in [0.1, 0.15) is 0 Å². The lowest BCUT2D eigenvalue weighted by molar-refractivity contribution is 0.693. The predicted molar refractivity (Wildman–Crippen MR) is 93.7 cm³/mol. The van der Waals surface area contributed by atoms with Gasteiger partial charge in [-0.15, -0.1) is 0 Å². The highest BCUT2D eigenvalue weighted by atomic mass is 79.9. The number of rotatable bonds is 3. The van der Waals surface area contributed by atoms with E-state index in [2.05, 4.69) is 88.8 Å². The molecule has 3 aromatic carbocycles. The van der Waals surface area contributed by atoms with Gasteiger partial charge in [-0.25, -0.2) is 0 Å². The molecule has 0 amide bonds. The molecule has 3 aromatic rings. The molecule has 0 aliphatic heterocycles. The smallest absolute Gasteiger partial charge is 0.0591 e. The maximum atomic E-state index is 3.69. The minimum absolute atomic E-state index is 0.172. The summed E-state index contributed by atoms with van der Waals surface area (Å²) < 4.78 is 1.14. The lowest BCUT2D eigenvalue weighted by Gasteiger charge is -2.21. The summed E-state index contributed by atoms with van der Waals surface area (Å²) >= 11 is 3.69. The third-order valence-electron chi connectivity index (χ3n) is 3.89. The summed E-state index contributed by atoms with van der Waals surface area (Å²) in [5, 5.41) is 6.04. The van der Waals surface area contributed by atoms with Gasteiger partial charge in [0.25, 0.3) is 0 Å². The Hall–Kier alpha value is -1.64. The molecule has 0 saturated carbocycles. The lowest BCUT2D eigenvalue weighted by atomic mass is 9.93. The van der Waals surface area contributed by atoms with Crippen LogP contribution in [0.2, 0.25) is 0 Å². The van der Waals surface area contributed by atoms with Gasteiger partial charge < -0.3 is 5.32 Å². The fraction of sp³-hybridized carbons (Fsp3) is 0.158. The molecule has 1 unspecified atom stereocenters. The standard InChI is InChI=1S/C19H18BrN/c1-13-10-11-18(20)17(12-13)19(21-2)16-9-5-7-14-6-3-4-8-15(14)16/h3-12,19,21H,1-2H3. The van der Waals surface area contributed by atoms with E-state index < -0.39 is 0 Å². The van der Waals surface area contributed by atoms with Crippen molar-refractivity contribution in [3.8, 4) is 0 Å². The van der Waals surface area contributed by atoms with Crippen LogP contribution in [0.3, 0.4) is 0 Å². The normalized spacial score (nSPS) is 12.5. The van der Waals surface area contributed by atoms with E-state index in [9.17, 15) is 0 Å². The first-order valence-electron chi connectivity index (χ1n) is 7.11. The maximum absolute atomic E-state index is 3.69. The number of halogens is 1. The molecule has 0 spiro atoms. The van der Waals surface area contributed by atoms with E-state index in [1.807, 2.05) is 7.05 Å². The second kappa shape index (κ2) is 6.00. The van der Waals surface area contributed by atoms with Gasteiger partial charge in [0, 0.05) is 4.47 Å². The Balaban J connectivity index is 2.21. The van der Waals surface area contributed by atoms with Crippen LogP contribution in [0.15, 0.2) is 65.1 Å². The maximum Gasteiger partial charge on any atom is 0.0591 e. The quantitative estimate of drug-likeness (QED) is 0.689. The van der Waals surface area contributed by atoms with Crippen LogP contribution in [0.4, 0.5) is 0 Å². The van der Waals surface area contributed by atoms with Crippen molar-refractivity contribution < 1.29 is 0 Å². The van der Waals surface area contributed by atoms with Gasteiger partial charge in [0.15, 0.2) is 0 Å². The van der Waals surface area contributed by atoms with E-state index >= 15 is 0 Å². The molecule has 2 heteroatoms. The molecule has 0 radical (unpaired) electrons. The van der Waals surface area contributed by atoms with E-state index in [0.717, 1.165) is 4.47 Å². The summed E-state index contributed by atoms with van der Waals surface area (Å²) in [6, 6.07) is 21.7. The van der Waals surface area contributed by atoms with Crippen molar-refractivity contribution in [2.75, 3.05) is 7.05 Å². The minimum Gasteiger partial charge on any atom is -0.309 e. The Labute approximate surface area is 134 Å². The van der Waals surface area contributed by atoms with Crippen LogP contribution < -0.4 is 5.32 Å². The SMILES string of the molecule is CNC(c1cc(C)ccc1Br)c1cccc2ccccc12. The average molecular weight is 340 g/mol. The van der Waals surface area contributed by atoms with Crippen molar-refractivity contribution in [1.29, 1.82) is 0 Å². The van der Waals surface area contributed by atoms with Crippen molar-refractivity contribution in [2.24, 2.45) is 0 Å². The first-order chi connectivity index (χ1) is 10.2. The van der Waals surface area contributed by atoms with Gasteiger partial charge in [-0.3, -0.25) is 0 Å². The molecular weight excluding hydrogens is 322 g/mol. The lowest BCUT2D eigenvalue weighted by Crippen LogP contribution is -2.18. The highest BCUT2D eigenvalue weighted by molar-refractivity contribution is 9.10. The molecule has 0 aromatic heterocycles. The molecule has 0 bridgehead atoms. The fourth-order valence-electron chi connectivity index (χ4n) is 2.87. The largest absolute Gasteiger partial charge is 0.309 e. The van der Waals surface area contributed by atoms with Gasteiger partial charge in [-0.05, 0) is 41.9 Å². The van der Waals surface area contributed by atoms with Crippen LogP contribution in [-0.4, -0.2) is 7.05 Å². The topological polar surface area (TPSA) is 12.0 Å². The molecule has 3 rings (SSSR count). The summed E-state index contributed by atoms with van der Waals surface area (Å²) in [7, 11) is 2.02. The predicted octanol–water partition coefficient (Wildman–Crippen LogP) is 5.22. The number of hydrogen-bond donors (Lipinski definition) is 1. The number of aryl methyl sites for hydroxylation is 1. The number of nitrogens with one attached hydrogen (secondary N) is 1. The molecule has 1 N–H and O–H groups in total. The molecule has 1 nitrogen and oxygen atoms in total. The highest BCUT2D eigenvalue weighted by Gasteiger charge is 2.17. The third kappa shape index (κ3) is 2.74. The monoisotopic (exact) mass is 339 g/mol. The third-order valence-corrected chi connectivity index (χ3v) is 4.61. The van der Waals surface area contributed by atoms with Crippen molar-refractivity contribution >= 4 is 26.7 Å². The van der Waals surface area contributed by atoms with Gasteiger partial charge in [0.2, 0.25) is 0 Å². The Kier molecular flexibility index (Phi) is 4.09. The zero-order chi connectivity index (χ0) is 14.8. The summed E-state index contributed by atoms with van der Waals surface area (Å²) in [6.07, 6.45) is 0. The van der Waals surface area contributed by atoms with Crippen LogP contribution in [0.5, 0.6) is 0 Å². The number of hydrogen-bond acceptors (Lipinski definition) is 1. The van der Waals surface area contributed by atoms with Crippen LogP contribution in [0, 0.1) is 6.92 Å².